The molecule has 4 rings (SSSR count). The summed E-state index contributed by atoms with van der Waals surface area (Å²) in [4.78, 5) is 17.2. The van der Waals surface area contributed by atoms with E-state index in [-0.39, 0.29) is 18.3 Å². The third kappa shape index (κ3) is 3.96. The van der Waals surface area contributed by atoms with Crippen molar-refractivity contribution in [3.05, 3.63) is 82.9 Å². The van der Waals surface area contributed by atoms with Crippen LogP contribution in [0.1, 0.15) is 40.9 Å². The Hall–Kier alpha value is -3.49. The Labute approximate surface area is 175 Å². The fourth-order valence-corrected chi connectivity index (χ4v) is 3.64. The number of ketones is 1. The molecule has 0 bridgehead atoms. The number of nitriles is 1. The highest BCUT2D eigenvalue weighted by molar-refractivity contribution is 5.97. The highest BCUT2D eigenvalue weighted by Gasteiger charge is 2.32. The normalized spacial score (nSPS) is 14.4. The number of carbonyl (C=O) groups excluding carboxylic acids is 1. The number of Topliss-reactive ketones (excluding diaryl/α,β-unsaturated/α-hetero) is 1. The summed E-state index contributed by atoms with van der Waals surface area (Å²) in [5, 5.41) is 9.89. The van der Waals surface area contributed by atoms with Crippen LogP contribution >= 0.6 is 0 Å². The van der Waals surface area contributed by atoms with Crippen molar-refractivity contribution in [1.29, 1.82) is 5.26 Å². The molecule has 150 valence electrons. The predicted molar refractivity (Wildman–Crippen MR) is 113 cm³/mol. The second-order valence-corrected chi connectivity index (χ2v) is 7.88. The lowest BCUT2D eigenvalue weighted by molar-refractivity contribution is -0.0401. The van der Waals surface area contributed by atoms with Crippen LogP contribution in [0.3, 0.4) is 0 Å². The molecular formula is C25H22N2O3. The first-order valence-corrected chi connectivity index (χ1v) is 9.85. The maximum atomic E-state index is 12.5. The number of aromatic nitrogens is 1. The number of fused-ring (bicyclic) bond motifs is 1. The van der Waals surface area contributed by atoms with Gasteiger partial charge in [-0.1, -0.05) is 60.7 Å². The number of hydrogen-bond acceptors (Lipinski definition) is 5. The Morgan fingerprint density at radius 3 is 2.43 bits per heavy atom. The van der Waals surface area contributed by atoms with E-state index in [0.717, 1.165) is 22.4 Å². The zero-order valence-corrected chi connectivity index (χ0v) is 17.0. The molecule has 0 spiro atoms. The molecule has 0 amide bonds. The molecule has 0 N–H and O–H groups in total. The molecule has 0 atom stereocenters. The predicted octanol–water partition coefficient (Wildman–Crippen LogP) is 4.73. The summed E-state index contributed by atoms with van der Waals surface area (Å²) in [7, 11) is 0. The number of benzene rings is 2. The van der Waals surface area contributed by atoms with Gasteiger partial charge in [-0.25, -0.2) is 4.98 Å². The first kappa shape index (κ1) is 19.8. The van der Waals surface area contributed by atoms with Crippen LogP contribution in [0.15, 0.2) is 60.7 Å². The van der Waals surface area contributed by atoms with E-state index < -0.39 is 5.60 Å². The summed E-state index contributed by atoms with van der Waals surface area (Å²) in [5.41, 5.74) is 3.96. The Bertz CT molecular complexity index is 1120. The van der Waals surface area contributed by atoms with Crippen molar-refractivity contribution >= 4 is 5.78 Å². The Balaban J connectivity index is 1.76. The first-order valence-electron chi connectivity index (χ1n) is 9.85. The van der Waals surface area contributed by atoms with E-state index in [4.69, 9.17) is 9.47 Å². The monoisotopic (exact) mass is 398 g/mol. The molecule has 0 unspecified atom stereocenters. The number of pyridine rings is 1. The molecule has 5 heteroatoms. The van der Waals surface area contributed by atoms with Gasteiger partial charge in [-0.3, -0.25) is 4.79 Å². The van der Waals surface area contributed by atoms with Crippen molar-refractivity contribution in [2.45, 2.75) is 32.5 Å². The third-order valence-corrected chi connectivity index (χ3v) is 5.18. The molecule has 30 heavy (non-hydrogen) atoms. The van der Waals surface area contributed by atoms with E-state index in [9.17, 15) is 10.1 Å². The zero-order valence-electron chi connectivity index (χ0n) is 17.0. The van der Waals surface area contributed by atoms with Gasteiger partial charge in [-0.2, -0.15) is 5.26 Å². The average Bonchev–Trinajstić information content (AvgIpc) is 2.77. The van der Waals surface area contributed by atoms with Gasteiger partial charge in [0, 0.05) is 23.1 Å². The number of nitrogens with zero attached hydrogens (tertiary/aromatic N) is 2. The van der Waals surface area contributed by atoms with Crippen LogP contribution in [-0.4, -0.2) is 23.0 Å². The molecule has 0 radical (unpaired) electrons. The van der Waals surface area contributed by atoms with Crippen LogP contribution in [-0.2, 0) is 17.8 Å². The molecular weight excluding hydrogens is 376 g/mol. The summed E-state index contributed by atoms with van der Waals surface area (Å²) in [6, 6.07) is 20.9. The van der Waals surface area contributed by atoms with Gasteiger partial charge in [0.15, 0.2) is 12.4 Å². The van der Waals surface area contributed by atoms with Crippen molar-refractivity contribution < 1.29 is 14.3 Å². The van der Waals surface area contributed by atoms with E-state index in [1.165, 1.54) is 0 Å². The second kappa shape index (κ2) is 8.10. The number of hydrogen-bond donors (Lipinski definition) is 0. The van der Waals surface area contributed by atoms with E-state index >= 15 is 0 Å². The maximum absolute atomic E-state index is 12.5. The second-order valence-electron chi connectivity index (χ2n) is 7.88. The smallest absolute Gasteiger partial charge is 0.233 e. The average molecular weight is 398 g/mol. The van der Waals surface area contributed by atoms with Gasteiger partial charge < -0.3 is 9.47 Å². The minimum Gasteiger partial charge on any atom is -0.468 e. The summed E-state index contributed by atoms with van der Waals surface area (Å²) < 4.78 is 11.8. The highest BCUT2D eigenvalue weighted by Crippen LogP contribution is 2.38. The Kier molecular flexibility index (Phi) is 5.35. The van der Waals surface area contributed by atoms with E-state index in [2.05, 4.69) is 11.1 Å². The summed E-state index contributed by atoms with van der Waals surface area (Å²) >= 11 is 0. The molecule has 1 aromatic heterocycles. The fraction of sp³-hybridized carbons (Fsp3) is 0.240. The van der Waals surface area contributed by atoms with Gasteiger partial charge in [0.05, 0.1) is 17.9 Å². The molecule has 3 aromatic rings. The van der Waals surface area contributed by atoms with Crippen LogP contribution in [0.4, 0.5) is 0 Å². The van der Waals surface area contributed by atoms with Crippen molar-refractivity contribution in [2.75, 3.05) is 6.61 Å². The molecule has 5 nitrogen and oxygen atoms in total. The lowest BCUT2D eigenvalue weighted by atomic mass is 9.87. The third-order valence-electron chi connectivity index (χ3n) is 5.18. The quantitative estimate of drug-likeness (QED) is 0.581. The van der Waals surface area contributed by atoms with Crippen molar-refractivity contribution in [3.63, 3.8) is 0 Å². The molecule has 0 saturated carbocycles. The maximum Gasteiger partial charge on any atom is 0.233 e. The molecule has 0 aliphatic carbocycles. The number of ether oxygens (including phenoxy) is 2. The SMILES string of the molecule is CC1(C)Cc2c(C#N)c(OCC(=O)c3ccccc3)nc(-c3ccccc3)c2CO1. The topological polar surface area (TPSA) is 72.2 Å². The van der Waals surface area contributed by atoms with Crippen LogP contribution < -0.4 is 4.74 Å². The van der Waals surface area contributed by atoms with Gasteiger partial charge in [-0.05, 0) is 19.4 Å². The summed E-state index contributed by atoms with van der Waals surface area (Å²) in [6.07, 6.45) is 0.566. The molecule has 1 aliphatic heterocycles. The lowest BCUT2D eigenvalue weighted by Gasteiger charge is -2.33. The van der Waals surface area contributed by atoms with E-state index in [1.54, 1.807) is 24.3 Å². The minimum atomic E-state index is -0.398. The number of carbonyl (C=O) groups is 1. The molecule has 0 fully saturated rings. The molecule has 1 aliphatic rings. The van der Waals surface area contributed by atoms with E-state index in [0.29, 0.717) is 24.2 Å². The first-order chi connectivity index (χ1) is 14.5. The Morgan fingerprint density at radius 1 is 1.10 bits per heavy atom. The molecule has 0 saturated heterocycles. The van der Waals surface area contributed by atoms with Crippen LogP contribution in [0.2, 0.25) is 0 Å². The zero-order chi connectivity index (χ0) is 21.1. The standard InChI is InChI=1S/C25H22N2O3/c1-25(2)13-19-20(14-26)24(29-16-22(28)17-9-5-3-6-10-17)27-23(21(19)15-30-25)18-11-7-4-8-12-18/h3-12H,13,15-16H2,1-2H3. The van der Waals surface area contributed by atoms with Gasteiger partial charge in [0.25, 0.3) is 0 Å². The summed E-state index contributed by atoms with van der Waals surface area (Å²) in [5.74, 6) is 0.0287. The highest BCUT2D eigenvalue weighted by atomic mass is 16.5. The Morgan fingerprint density at radius 2 is 1.77 bits per heavy atom. The summed E-state index contributed by atoms with van der Waals surface area (Å²) in [6.45, 7) is 4.19. The van der Waals surface area contributed by atoms with Crippen molar-refractivity contribution in [2.24, 2.45) is 0 Å². The van der Waals surface area contributed by atoms with E-state index in [1.807, 2.05) is 50.2 Å². The van der Waals surface area contributed by atoms with Crippen LogP contribution in [0, 0.1) is 11.3 Å². The van der Waals surface area contributed by atoms with Crippen molar-refractivity contribution in [3.8, 4) is 23.2 Å². The number of rotatable bonds is 5. The van der Waals surface area contributed by atoms with Crippen LogP contribution in [0.5, 0.6) is 5.88 Å². The van der Waals surface area contributed by atoms with Gasteiger partial charge >= 0.3 is 0 Å². The molecule has 2 heterocycles. The minimum absolute atomic E-state index is 0.163. The largest absolute Gasteiger partial charge is 0.468 e. The van der Waals surface area contributed by atoms with Crippen molar-refractivity contribution in [1.82, 2.24) is 4.98 Å². The van der Waals surface area contributed by atoms with Gasteiger partial charge in [0.1, 0.15) is 11.6 Å². The van der Waals surface area contributed by atoms with Crippen LogP contribution in [0.25, 0.3) is 11.3 Å². The lowest BCUT2D eigenvalue weighted by Crippen LogP contribution is -2.33. The molecule has 2 aromatic carbocycles. The fourth-order valence-electron chi connectivity index (χ4n) is 3.64. The van der Waals surface area contributed by atoms with Gasteiger partial charge in [-0.15, -0.1) is 0 Å². The van der Waals surface area contributed by atoms with Gasteiger partial charge in [0.2, 0.25) is 5.88 Å².